The molecule has 1 fully saturated rings. The zero-order chi connectivity index (χ0) is 24.6. The van der Waals surface area contributed by atoms with E-state index in [4.69, 9.17) is 0 Å². The number of sulfonamides is 1. The minimum atomic E-state index is -3.68. The smallest absolute Gasteiger partial charge is 0.274 e. The third-order valence-corrected chi connectivity index (χ3v) is 8.66. The first-order valence-electron chi connectivity index (χ1n) is 11.7. The highest BCUT2D eigenvalue weighted by Gasteiger charge is 2.30. The van der Waals surface area contributed by atoms with Crippen molar-refractivity contribution in [2.24, 2.45) is 7.05 Å². The standard InChI is InChI=1S/C27H28N4O3S/c1-20-12-13-22(26-23-10-6-7-11-24(23)27(32)29(2)28-26)18-25(20)35(33,34)31-16-14-30(15-17-31)19-21-8-4-3-5-9-21/h3-13,18H,14-17,19H2,1-2H3. The molecule has 180 valence electrons. The van der Waals surface area contributed by atoms with Gasteiger partial charge in [0.15, 0.2) is 0 Å². The lowest BCUT2D eigenvalue weighted by Crippen LogP contribution is -2.48. The molecule has 0 bridgehead atoms. The lowest BCUT2D eigenvalue weighted by molar-refractivity contribution is 0.181. The zero-order valence-electron chi connectivity index (χ0n) is 19.9. The van der Waals surface area contributed by atoms with E-state index in [1.54, 1.807) is 23.5 Å². The minimum Gasteiger partial charge on any atom is -0.296 e. The lowest BCUT2D eigenvalue weighted by Gasteiger charge is -2.34. The first-order valence-corrected chi connectivity index (χ1v) is 13.1. The highest BCUT2D eigenvalue weighted by Crippen LogP contribution is 2.30. The van der Waals surface area contributed by atoms with Crippen LogP contribution < -0.4 is 5.56 Å². The van der Waals surface area contributed by atoms with Gasteiger partial charge in [-0.05, 0) is 30.2 Å². The van der Waals surface area contributed by atoms with Crippen LogP contribution in [0.1, 0.15) is 11.1 Å². The van der Waals surface area contributed by atoms with Gasteiger partial charge in [0.2, 0.25) is 10.0 Å². The van der Waals surface area contributed by atoms with Gasteiger partial charge in [-0.3, -0.25) is 9.69 Å². The zero-order valence-corrected chi connectivity index (χ0v) is 20.7. The van der Waals surface area contributed by atoms with Gasteiger partial charge in [0.1, 0.15) is 0 Å². The summed E-state index contributed by atoms with van der Waals surface area (Å²) >= 11 is 0. The summed E-state index contributed by atoms with van der Waals surface area (Å²) in [6, 6.07) is 22.9. The average Bonchev–Trinajstić information content (AvgIpc) is 2.87. The molecule has 0 atom stereocenters. The van der Waals surface area contributed by atoms with Crippen LogP contribution in [0.3, 0.4) is 0 Å². The molecule has 2 heterocycles. The van der Waals surface area contributed by atoms with Gasteiger partial charge in [-0.2, -0.15) is 9.40 Å². The molecule has 0 unspecified atom stereocenters. The third-order valence-electron chi connectivity index (χ3n) is 6.62. The lowest BCUT2D eigenvalue weighted by atomic mass is 10.0. The molecule has 0 radical (unpaired) electrons. The van der Waals surface area contributed by atoms with Crippen molar-refractivity contribution >= 4 is 20.8 Å². The number of aryl methyl sites for hydroxylation is 2. The molecule has 7 nitrogen and oxygen atoms in total. The summed E-state index contributed by atoms with van der Waals surface area (Å²) in [6.07, 6.45) is 0. The fourth-order valence-electron chi connectivity index (χ4n) is 4.65. The maximum atomic E-state index is 13.7. The number of hydrogen-bond acceptors (Lipinski definition) is 5. The topological polar surface area (TPSA) is 75.5 Å². The van der Waals surface area contributed by atoms with Crippen molar-refractivity contribution in [1.29, 1.82) is 0 Å². The van der Waals surface area contributed by atoms with Crippen LogP contribution in [0, 0.1) is 6.92 Å². The number of hydrogen-bond donors (Lipinski definition) is 0. The molecule has 0 aliphatic carbocycles. The summed E-state index contributed by atoms with van der Waals surface area (Å²) in [5, 5.41) is 5.74. The van der Waals surface area contributed by atoms with Crippen LogP contribution in [0.15, 0.2) is 82.5 Å². The molecule has 35 heavy (non-hydrogen) atoms. The summed E-state index contributed by atoms with van der Waals surface area (Å²) in [4.78, 5) is 15.1. The van der Waals surface area contributed by atoms with Crippen molar-refractivity contribution in [1.82, 2.24) is 19.0 Å². The second-order valence-corrected chi connectivity index (χ2v) is 10.9. The molecule has 0 N–H and O–H groups in total. The molecule has 8 heteroatoms. The van der Waals surface area contributed by atoms with Gasteiger partial charge >= 0.3 is 0 Å². The molecule has 3 aromatic carbocycles. The van der Waals surface area contributed by atoms with E-state index >= 15 is 0 Å². The van der Waals surface area contributed by atoms with Gasteiger partial charge < -0.3 is 0 Å². The van der Waals surface area contributed by atoms with Crippen molar-refractivity contribution in [2.75, 3.05) is 26.2 Å². The summed E-state index contributed by atoms with van der Waals surface area (Å²) in [5.41, 5.74) is 2.99. The van der Waals surface area contributed by atoms with Gasteiger partial charge in [-0.15, -0.1) is 0 Å². The summed E-state index contributed by atoms with van der Waals surface area (Å²) in [6.45, 7) is 4.88. The van der Waals surface area contributed by atoms with Crippen LogP contribution in [-0.4, -0.2) is 53.6 Å². The number of benzene rings is 3. The van der Waals surface area contributed by atoms with E-state index in [2.05, 4.69) is 22.1 Å². The van der Waals surface area contributed by atoms with E-state index in [1.165, 1.54) is 10.2 Å². The Morgan fingerprint density at radius 2 is 1.51 bits per heavy atom. The van der Waals surface area contributed by atoms with Crippen molar-refractivity contribution in [3.8, 4) is 11.3 Å². The van der Waals surface area contributed by atoms with Crippen LogP contribution in [0.2, 0.25) is 0 Å². The van der Waals surface area contributed by atoms with E-state index in [0.29, 0.717) is 53.8 Å². The second kappa shape index (κ2) is 9.37. The van der Waals surface area contributed by atoms with E-state index < -0.39 is 10.0 Å². The van der Waals surface area contributed by atoms with Crippen molar-refractivity contribution in [2.45, 2.75) is 18.4 Å². The van der Waals surface area contributed by atoms with Gasteiger partial charge in [0, 0.05) is 50.7 Å². The monoisotopic (exact) mass is 488 g/mol. The Balaban J connectivity index is 1.44. The first-order chi connectivity index (χ1) is 16.8. The van der Waals surface area contributed by atoms with Gasteiger partial charge in [0.25, 0.3) is 5.56 Å². The Bertz CT molecular complexity index is 1540. The van der Waals surface area contributed by atoms with Crippen molar-refractivity contribution < 1.29 is 8.42 Å². The molecule has 1 saturated heterocycles. The normalized spacial score (nSPS) is 15.5. The summed E-state index contributed by atoms with van der Waals surface area (Å²) < 4.78 is 30.2. The van der Waals surface area contributed by atoms with Crippen LogP contribution in [0.4, 0.5) is 0 Å². The minimum absolute atomic E-state index is 0.183. The Labute approximate surface area is 205 Å². The molecule has 5 rings (SSSR count). The maximum absolute atomic E-state index is 13.7. The first kappa shape index (κ1) is 23.4. The Hall–Kier alpha value is -3.33. The predicted octanol–water partition coefficient (Wildman–Crippen LogP) is 3.42. The second-order valence-electron chi connectivity index (χ2n) is 8.97. The van der Waals surface area contributed by atoms with E-state index in [-0.39, 0.29) is 10.5 Å². The predicted molar refractivity (Wildman–Crippen MR) is 138 cm³/mol. The summed E-state index contributed by atoms with van der Waals surface area (Å²) in [5.74, 6) is 0. The van der Waals surface area contributed by atoms with Gasteiger partial charge in [-0.1, -0.05) is 60.7 Å². The highest BCUT2D eigenvalue weighted by atomic mass is 32.2. The highest BCUT2D eigenvalue weighted by molar-refractivity contribution is 7.89. The number of piperazine rings is 1. The van der Waals surface area contributed by atoms with Crippen LogP contribution >= 0.6 is 0 Å². The third kappa shape index (κ3) is 4.52. The molecule has 4 aromatic rings. The quantitative estimate of drug-likeness (QED) is 0.430. The fourth-order valence-corrected chi connectivity index (χ4v) is 6.32. The molecular formula is C27H28N4O3S. The SMILES string of the molecule is Cc1ccc(-c2nn(C)c(=O)c3ccccc23)cc1S(=O)(=O)N1CCN(Cc2ccccc2)CC1. The number of aromatic nitrogens is 2. The number of rotatable bonds is 5. The van der Waals surface area contributed by atoms with Crippen LogP contribution in [0.25, 0.3) is 22.0 Å². The fraction of sp³-hybridized carbons (Fsp3) is 0.259. The molecule has 0 spiro atoms. The summed E-state index contributed by atoms with van der Waals surface area (Å²) in [7, 11) is -2.07. The van der Waals surface area contributed by atoms with Crippen molar-refractivity contribution in [3.63, 3.8) is 0 Å². The molecule has 0 amide bonds. The molecule has 0 saturated carbocycles. The molecule has 1 aliphatic heterocycles. The van der Waals surface area contributed by atoms with Gasteiger partial charge in [0.05, 0.1) is 16.0 Å². The van der Waals surface area contributed by atoms with Gasteiger partial charge in [-0.25, -0.2) is 13.1 Å². The number of fused-ring (bicyclic) bond motifs is 1. The van der Waals surface area contributed by atoms with E-state index in [1.807, 2.05) is 55.5 Å². The van der Waals surface area contributed by atoms with E-state index in [0.717, 1.165) is 6.54 Å². The molecule has 1 aromatic heterocycles. The van der Waals surface area contributed by atoms with E-state index in [9.17, 15) is 13.2 Å². The molecule has 1 aliphatic rings. The van der Waals surface area contributed by atoms with Crippen LogP contribution in [-0.2, 0) is 23.6 Å². The maximum Gasteiger partial charge on any atom is 0.274 e. The Morgan fingerprint density at radius 1 is 0.857 bits per heavy atom. The largest absolute Gasteiger partial charge is 0.296 e. The average molecular weight is 489 g/mol. The Morgan fingerprint density at radius 3 is 2.23 bits per heavy atom. The Kier molecular flexibility index (Phi) is 6.27. The van der Waals surface area contributed by atoms with Crippen LogP contribution in [0.5, 0.6) is 0 Å². The molecular weight excluding hydrogens is 460 g/mol. The van der Waals surface area contributed by atoms with Crippen molar-refractivity contribution in [3.05, 3.63) is 94.3 Å². The number of nitrogens with zero attached hydrogens (tertiary/aromatic N) is 4.